The molecule has 1 rings (SSSR count). The molecule has 0 radical (unpaired) electrons. The molecule has 1 aromatic heterocycles. The van der Waals surface area contributed by atoms with Gasteiger partial charge in [-0.1, -0.05) is 0 Å². The largest absolute Gasteiger partial charge is 0.469 e. The first-order valence-electron chi connectivity index (χ1n) is 4.18. The first-order valence-corrected chi connectivity index (χ1v) is 4.18. The van der Waals surface area contributed by atoms with Crippen molar-refractivity contribution in [2.75, 3.05) is 26.8 Å². The van der Waals surface area contributed by atoms with Crippen LogP contribution in [0.25, 0.3) is 0 Å². The van der Waals surface area contributed by atoms with Gasteiger partial charge in [0.2, 0.25) is 0 Å². The molecule has 0 amide bonds. The molecule has 1 N–H and O–H groups in total. The lowest BCUT2D eigenvalue weighted by atomic mass is 10.3. The molecule has 0 aliphatic carbocycles. The van der Waals surface area contributed by atoms with Crippen LogP contribution in [0.5, 0.6) is 0 Å². The molecule has 0 aliphatic rings. The quantitative estimate of drug-likeness (QED) is 0.646. The van der Waals surface area contributed by atoms with Gasteiger partial charge in [-0.2, -0.15) is 0 Å². The maximum absolute atomic E-state index is 5.32. The molecule has 1 heterocycles. The third kappa shape index (κ3) is 3.55. The van der Waals surface area contributed by atoms with E-state index in [4.69, 9.17) is 9.15 Å². The zero-order valence-corrected chi connectivity index (χ0v) is 7.38. The molecule has 3 heteroatoms. The van der Waals surface area contributed by atoms with Crippen LogP contribution < -0.4 is 5.32 Å². The summed E-state index contributed by atoms with van der Waals surface area (Å²) in [6.07, 6.45) is 2.54. The Morgan fingerprint density at radius 2 is 2.42 bits per heavy atom. The maximum Gasteiger partial charge on any atom is 0.106 e. The van der Waals surface area contributed by atoms with E-state index in [1.54, 1.807) is 6.26 Å². The summed E-state index contributed by atoms with van der Waals surface area (Å²) < 4.78 is 10.5. The minimum atomic E-state index is 0.731. The number of hydrogen-bond donors (Lipinski definition) is 1. The number of nitrogens with one attached hydrogen (secondary N) is 1. The van der Waals surface area contributed by atoms with E-state index >= 15 is 0 Å². The average Bonchev–Trinajstić information content (AvgIpc) is 2.57. The van der Waals surface area contributed by atoms with Crippen molar-refractivity contribution in [3.05, 3.63) is 24.2 Å². The molecule has 0 unspecified atom stereocenters. The molecule has 0 aliphatic heterocycles. The smallest absolute Gasteiger partial charge is 0.106 e. The van der Waals surface area contributed by atoms with Gasteiger partial charge in [0.15, 0.2) is 0 Å². The van der Waals surface area contributed by atoms with Gasteiger partial charge in [0.25, 0.3) is 0 Å². The molecule has 1 aromatic rings. The third-order valence-corrected chi connectivity index (χ3v) is 1.57. The summed E-state index contributed by atoms with van der Waals surface area (Å²) in [6.45, 7) is 2.39. The molecule has 0 aromatic carbocycles. The lowest BCUT2D eigenvalue weighted by Gasteiger charge is -2.01. The Bertz CT molecular complexity index is 184. The highest BCUT2D eigenvalue weighted by atomic mass is 16.5. The summed E-state index contributed by atoms with van der Waals surface area (Å²) in [5, 5.41) is 3.01. The second kappa shape index (κ2) is 5.80. The van der Waals surface area contributed by atoms with Crippen molar-refractivity contribution >= 4 is 0 Å². The Morgan fingerprint density at radius 3 is 3.08 bits per heavy atom. The Labute approximate surface area is 72.7 Å². The number of furan rings is 1. The van der Waals surface area contributed by atoms with E-state index in [9.17, 15) is 0 Å². The van der Waals surface area contributed by atoms with Crippen LogP contribution in [0.2, 0.25) is 0 Å². The van der Waals surface area contributed by atoms with Crippen molar-refractivity contribution in [2.24, 2.45) is 0 Å². The first kappa shape index (κ1) is 9.29. The summed E-state index contributed by atoms with van der Waals surface area (Å²) in [5.74, 6) is 0.986. The molecular formula is C9H15NO2. The molecule has 3 nitrogen and oxygen atoms in total. The Kier molecular flexibility index (Phi) is 4.49. The Morgan fingerprint density at radius 1 is 1.50 bits per heavy atom. The average molecular weight is 169 g/mol. The Balaban J connectivity index is 1.96. The van der Waals surface area contributed by atoms with E-state index in [2.05, 4.69) is 5.32 Å². The second-order valence-electron chi connectivity index (χ2n) is 2.55. The van der Waals surface area contributed by atoms with Crippen molar-refractivity contribution in [3.63, 3.8) is 0 Å². The lowest BCUT2D eigenvalue weighted by molar-refractivity contribution is 0.136. The van der Waals surface area contributed by atoms with E-state index in [0.29, 0.717) is 0 Å². The van der Waals surface area contributed by atoms with Crippen LogP contribution in [0, 0.1) is 0 Å². The fourth-order valence-electron chi connectivity index (χ4n) is 0.904. The number of rotatable bonds is 6. The van der Waals surface area contributed by atoms with Crippen LogP contribution in [0.3, 0.4) is 0 Å². The van der Waals surface area contributed by atoms with E-state index in [1.165, 1.54) is 0 Å². The summed E-state index contributed by atoms with van der Waals surface area (Å²) in [6, 6.07) is 3.85. The lowest BCUT2D eigenvalue weighted by Crippen LogP contribution is -2.14. The van der Waals surface area contributed by atoms with Crippen molar-refractivity contribution in [3.8, 4) is 0 Å². The van der Waals surface area contributed by atoms with Gasteiger partial charge in [-0.15, -0.1) is 0 Å². The SMILES string of the molecule is CNCCOCCc1ccco1. The third-order valence-electron chi connectivity index (χ3n) is 1.57. The van der Waals surface area contributed by atoms with Gasteiger partial charge in [-0.25, -0.2) is 0 Å². The highest BCUT2D eigenvalue weighted by Gasteiger charge is 1.94. The highest BCUT2D eigenvalue weighted by Crippen LogP contribution is 2.00. The topological polar surface area (TPSA) is 34.4 Å². The minimum absolute atomic E-state index is 0.731. The van der Waals surface area contributed by atoms with Gasteiger partial charge in [0.1, 0.15) is 5.76 Å². The van der Waals surface area contributed by atoms with Gasteiger partial charge >= 0.3 is 0 Å². The van der Waals surface area contributed by atoms with Crippen molar-refractivity contribution in [2.45, 2.75) is 6.42 Å². The second-order valence-corrected chi connectivity index (χ2v) is 2.55. The van der Waals surface area contributed by atoms with Crippen LogP contribution in [0.4, 0.5) is 0 Å². The molecule has 0 saturated carbocycles. The molecule has 0 spiro atoms. The first-order chi connectivity index (χ1) is 5.93. The van der Waals surface area contributed by atoms with Crippen LogP contribution in [0.1, 0.15) is 5.76 Å². The number of ether oxygens (including phenoxy) is 1. The molecular weight excluding hydrogens is 154 g/mol. The molecule has 0 saturated heterocycles. The van der Waals surface area contributed by atoms with E-state index in [1.807, 2.05) is 19.2 Å². The predicted octanol–water partition coefficient (Wildman–Crippen LogP) is 1.06. The van der Waals surface area contributed by atoms with Crippen molar-refractivity contribution in [1.82, 2.24) is 5.32 Å². The van der Waals surface area contributed by atoms with Crippen LogP contribution >= 0.6 is 0 Å². The van der Waals surface area contributed by atoms with Crippen LogP contribution in [-0.2, 0) is 11.2 Å². The van der Waals surface area contributed by atoms with Gasteiger partial charge in [-0.3, -0.25) is 0 Å². The predicted molar refractivity (Wildman–Crippen MR) is 47.2 cm³/mol. The highest BCUT2D eigenvalue weighted by molar-refractivity contribution is 4.97. The monoisotopic (exact) mass is 169 g/mol. The zero-order chi connectivity index (χ0) is 8.65. The molecule has 0 fully saturated rings. The Hall–Kier alpha value is -0.800. The van der Waals surface area contributed by atoms with E-state index in [-0.39, 0.29) is 0 Å². The van der Waals surface area contributed by atoms with E-state index in [0.717, 1.165) is 31.9 Å². The molecule has 68 valence electrons. The fourth-order valence-corrected chi connectivity index (χ4v) is 0.904. The zero-order valence-electron chi connectivity index (χ0n) is 7.38. The van der Waals surface area contributed by atoms with E-state index < -0.39 is 0 Å². The summed E-state index contributed by atoms with van der Waals surface area (Å²) in [7, 11) is 1.91. The van der Waals surface area contributed by atoms with Gasteiger partial charge < -0.3 is 14.5 Å². The molecule has 12 heavy (non-hydrogen) atoms. The van der Waals surface area contributed by atoms with Crippen LogP contribution in [0.15, 0.2) is 22.8 Å². The van der Waals surface area contributed by atoms with Gasteiger partial charge in [0.05, 0.1) is 19.5 Å². The standard InChI is InChI=1S/C9H15NO2/c1-10-5-8-11-7-4-9-3-2-6-12-9/h2-3,6,10H,4-5,7-8H2,1H3. The summed E-state index contributed by atoms with van der Waals surface area (Å²) in [4.78, 5) is 0. The normalized spacial score (nSPS) is 10.4. The summed E-state index contributed by atoms with van der Waals surface area (Å²) >= 11 is 0. The van der Waals surface area contributed by atoms with Gasteiger partial charge in [-0.05, 0) is 19.2 Å². The van der Waals surface area contributed by atoms with Crippen molar-refractivity contribution < 1.29 is 9.15 Å². The fraction of sp³-hybridized carbons (Fsp3) is 0.556. The number of likely N-dealkylation sites (N-methyl/N-ethyl adjacent to an activating group) is 1. The van der Waals surface area contributed by atoms with Crippen LogP contribution in [-0.4, -0.2) is 26.8 Å². The minimum Gasteiger partial charge on any atom is -0.469 e. The molecule has 0 atom stereocenters. The van der Waals surface area contributed by atoms with Crippen molar-refractivity contribution in [1.29, 1.82) is 0 Å². The maximum atomic E-state index is 5.32. The summed E-state index contributed by atoms with van der Waals surface area (Å²) in [5.41, 5.74) is 0. The number of hydrogen-bond acceptors (Lipinski definition) is 3. The van der Waals surface area contributed by atoms with Gasteiger partial charge in [0, 0.05) is 13.0 Å². The molecule has 0 bridgehead atoms.